The molecule has 0 spiro atoms. The molecule has 0 amide bonds. The minimum atomic E-state index is 0.595. The molecule has 0 fully saturated rings. The van der Waals surface area contributed by atoms with E-state index in [0.717, 1.165) is 34.3 Å². The Hall–Kier alpha value is -2.08. The number of nitrogens with one attached hydrogen (secondary N) is 1. The summed E-state index contributed by atoms with van der Waals surface area (Å²) in [6.07, 6.45) is 2.77. The fraction of sp³-hybridized carbons (Fsp3) is 0.444. The maximum absolute atomic E-state index is 5.84. The highest BCUT2D eigenvalue weighted by molar-refractivity contribution is 7.13. The first-order valence-corrected chi connectivity index (χ1v) is 9.07. The summed E-state index contributed by atoms with van der Waals surface area (Å²) in [7, 11) is 0. The summed E-state index contributed by atoms with van der Waals surface area (Å²) in [6, 6.07) is 5.83. The average Bonchev–Trinajstić information content (AvgIpc) is 2.95. The van der Waals surface area contributed by atoms with Gasteiger partial charge in [-0.05, 0) is 49.9 Å². The molecule has 1 aromatic heterocycles. The van der Waals surface area contributed by atoms with Gasteiger partial charge in [0.2, 0.25) is 5.13 Å². The topological polar surface area (TPSA) is 55.7 Å². The van der Waals surface area contributed by atoms with Gasteiger partial charge >= 0.3 is 0 Å². The monoisotopic (exact) mass is 347 g/mol. The van der Waals surface area contributed by atoms with Crippen LogP contribution in [0.1, 0.15) is 38.4 Å². The van der Waals surface area contributed by atoms with Crippen molar-refractivity contribution in [3.8, 4) is 11.5 Å². The van der Waals surface area contributed by atoms with Crippen LogP contribution in [-0.4, -0.2) is 24.4 Å². The standard InChI is InChI=1S/C18H25N3O2S/c1-5-22-17-10-15(6-7-16(17)23-9-8-13(2)3)11-19-21-18-20-14(4)12-24-18/h6-7,10-13H,5,8-9H2,1-4H3,(H,20,21). The van der Waals surface area contributed by atoms with Crippen LogP contribution in [-0.2, 0) is 0 Å². The van der Waals surface area contributed by atoms with E-state index in [-0.39, 0.29) is 0 Å². The zero-order valence-corrected chi connectivity index (χ0v) is 15.5. The number of aromatic nitrogens is 1. The first kappa shape index (κ1) is 18.3. The number of aryl methyl sites for hydroxylation is 1. The van der Waals surface area contributed by atoms with Crippen molar-refractivity contribution in [2.24, 2.45) is 11.0 Å². The molecule has 2 rings (SSSR count). The van der Waals surface area contributed by atoms with Crippen molar-refractivity contribution in [2.45, 2.75) is 34.1 Å². The van der Waals surface area contributed by atoms with E-state index in [9.17, 15) is 0 Å². The van der Waals surface area contributed by atoms with Crippen molar-refractivity contribution in [3.05, 3.63) is 34.8 Å². The predicted octanol–water partition coefficient (Wildman–Crippen LogP) is 4.72. The van der Waals surface area contributed by atoms with Crippen molar-refractivity contribution in [1.29, 1.82) is 0 Å². The molecule has 0 radical (unpaired) electrons. The van der Waals surface area contributed by atoms with Crippen molar-refractivity contribution >= 4 is 22.7 Å². The van der Waals surface area contributed by atoms with Gasteiger partial charge in [0.05, 0.1) is 25.1 Å². The smallest absolute Gasteiger partial charge is 0.203 e. The molecule has 0 aliphatic heterocycles. The summed E-state index contributed by atoms with van der Waals surface area (Å²) in [5, 5.41) is 6.98. The number of rotatable bonds is 9. The highest BCUT2D eigenvalue weighted by Gasteiger charge is 2.06. The zero-order chi connectivity index (χ0) is 17.4. The van der Waals surface area contributed by atoms with Gasteiger partial charge in [0, 0.05) is 5.38 Å². The van der Waals surface area contributed by atoms with Crippen LogP contribution in [0.5, 0.6) is 11.5 Å². The van der Waals surface area contributed by atoms with Crippen LogP contribution in [0, 0.1) is 12.8 Å². The molecule has 2 aromatic rings. The molecular weight excluding hydrogens is 322 g/mol. The highest BCUT2D eigenvalue weighted by atomic mass is 32.1. The van der Waals surface area contributed by atoms with Gasteiger partial charge in [-0.3, -0.25) is 5.43 Å². The number of benzene rings is 1. The summed E-state index contributed by atoms with van der Waals surface area (Å²) in [5.41, 5.74) is 4.86. The largest absolute Gasteiger partial charge is 0.490 e. The number of ether oxygens (including phenoxy) is 2. The van der Waals surface area contributed by atoms with E-state index in [1.165, 1.54) is 11.3 Å². The minimum absolute atomic E-state index is 0.595. The maximum atomic E-state index is 5.84. The Morgan fingerprint density at radius 3 is 2.79 bits per heavy atom. The summed E-state index contributed by atoms with van der Waals surface area (Å²) in [5.74, 6) is 2.14. The van der Waals surface area contributed by atoms with Crippen molar-refractivity contribution in [2.75, 3.05) is 18.6 Å². The molecule has 1 heterocycles. The third-order valence-electron chi connectivity index (χ3n) is 3.21. The molecule has 5 nitrogen and oxygen atoms in total. The molecule has 0 saturated carbocycles. The van der Waals surface area contributed by atoms with Crippen LogP contribution >= 0.6 is 11.3 Å². The van der Waals surface area contributed by atoms with Crippen LogP contribution in [0.2, 0.25) is 0 Å². The van der Waals surface area contributed by atoms with E-state index in [1.807, 2.05) is 37.4 Å². The number of hydrazone groups is 1. The normalized spacial score (nSPS) is 11.2. The lowest BCUT2D eigenvalue weighted by Gasteiger charge is -2.13. The second kappa shape index (κ2) is 9.27. The van der Waals surface area contributed by atoms with Crippen LogP contribution in [0.15, 0.2) is 28.7 Å². The number of thiazole rings is 1. The lowest BCUT2D eigenvalue weighted by Crippen LogP contribution is -2.04. The molecule has 0 aliphatic rings. The number of hydrogen-bond acceptors (Lipinski definition) is 6. The SMILES string of the molecule is CCOc1cc(C=NNc2nc(C)cs2)ccc1OCCC(C)C. The van der Waals surface area contributed by atoms with Gasteiger partial charge in [0.15, 0.2) is 11.5 Å². The molecule has 0 atom stereocenters. The molecule has 24 heavy (non-hydrogen) atoms. The minimum Gasteiger partial charge on any atom is -0.490 e. The summed E-state index contributed by atoms with van der Waals surface area (Å²) in [6.45, 7) is 9.57. The third-order valence-corrected chi connectivity index (χ3v) is 4.08. The maximum Gasteiger partial charge on any atom is 0.203 e. The summed E-state index contributed by atoms with van der Waals surface area (Å²) < 4.78 is 11.5. The van der Waals surface area contributed by atoms with Crippen molar-refractivity contribution < 1.29 is 9.47 Å². The molecule has 0 unspecified atom stereocenters. The molecule has 130 valence electrons. The Morgan fingerprint density at radius 1 is 1.29 bits per heavy atom. The Bertz CT molecular complexity index is 668. The van der Waals surface area contributed by atoms with E-state index in [4.69, 9.17) is 9.47 Å². The molecular formula is C18H25N3O2S. The van der Waals surface area contributed by atoms with E-state index in [1.54, 1.807) is 6.21 Å². The molecule has 0 aliphatic carbocycles. The number of hydrogen-bond donors (Lipinski definition) is 1. The number of anilines is 1. The van der Waals surface area contributed by atoms with Crippen LogP contribution in [0.3, 0.4) is 0 Å². The predicted molar refractivity (Wildman–Crippen MR) is 101 cm³/mol. The van der Waals surface area contributed by atoms with Crippen LogP contribution in [0.25, 0.3) is 0 Å². The van der Waals surface area contributed by atoms with Crippen LogP contribution in [0.4, 0.5) is 5.13 Å². The Kier molecular flexibility index (Phi) is 7.06. The molecule has 0 saturated heterocycles. The van der Waals surface area contributed by atoms with Gasteiger partial charge in [0.1, 0.15) is 0 Å². The molecule has 1 aromatic carbocycles. The Morgan fingerprint density at radius 2 is 2.12 bits per heavy atom. The van der Waals surface area contributed by atoms with Gasteiger partial charge in [-0.25, -0.2) is 4.98 Å². The number of nitrogens with zero attached hydrogens (tertiary/aromatic N) is 2. The Labute approximate surface area is 147 Å². The van der Waals surface area contributed by atoms with Crippen molar-refractivity contribution in [1.82, 2.24) is 4.98 Å². The van der Waals surface area contributed by atoms with Gasteiger partial charge in [-0.1, -0.05) is 13.8 Å². The first-order valence-electron chi connectivity index (χ1n) is 8.19. The second-order valence-electron chi connectivity index (χ2n) is 5.83. The van der Waals surface area contributed by atoms with Gasteiger partial charge in [-0.2, -0.15) is 5.10 Å². The zero-order valence-electron chi connectivity index (χ0n) is 14.7. The van der Waals surface area contributed by atoms with E-state index in [0.29, 0.717) is 19.1 Å². The van der Waals surface area contributed by atoms with E-state index >= 15 is 0 Å². The van der Waals surface area contributed by atoms with Gasteiger partial charge in [-0.15, -0.1) is 11.3 Å². The van der Waals surface area contributed by atoms with E-state index < -0.39 is 0 Å². The molecule has 0 bridgehead atoms. The Balaban J connectivity index is 2.01. The van der Waals surface area contributed by atoms with E-state index in [2.05, 4.69) is 29.4 Å². The molecule has 1 N–H and O–H groups in total. The fourth-order valence-electron chi connectivity index (χ4n) is 1.96. The second-order valence-corrected chi connectivity index (χ2v) is 6.69. The molecule has 6 heteroatoms. The third kappa shape index (κ3) is 5.85. The van der Waals surface area contributed by atoms with Gasteiger partial charge < -0.3 is 9.47 Å². The summed E-state index contributed by atoms with van der Waals surface area (Å²) in [4.78, 5) is 4.30. The van der Waals surface area contributed by atoms with Gasteiger partial charge in [0.25, 0.3) is 0 Å². The average molecular weight is 347 g/mol. The highest BCUT2D eigenvalue weighted by Crippen LogP contribution is 2.28. The fourth-order valence-corrected chi connectivity index (χ4v) is 2.60. The quantitative estimate of drug-likeness (QED) is 0.527. The summed E-state index contributed by atoms with van der Waals surface area (Å²) >= 11 is 1.53. The lowest BCUT2D eigenvalue weighted by atomic mass is 10.1. The first-order chi connectivity index (χ1) is 11.6. The lowest BCUT2D eigenvalue weighted by molar-refractivity contribution is 0.261. The van der Waals surface area contributed by atoms with Crippen LogP contribution < -0.4 is 14.9 Å². The van der Waals surface area contributed by atoms with Crippen molar-refractivity contribution in [3.63, 3.8) is 0 Å².